The van der Waals surface area contributed by atoms with Gasteiger partial charge in [-0.1, -0.05) is 29.8 Å². The summed E-state index contributed by atoms with van der Waals surface area (Å²) in [5.74, 6) is 0. The van der Waals surface area contributed by atoms with Gasteiger partial charge in [-0.05, 0) is 94.7 Å². The van der Waals surface area contributed by atoms with Gasteiger partial charge in [0.05, 0.1) is 16.9 Å². The van der Waals surface area contributed by atoms with Crippen LogP contribution in [0.5, 0.6) is 0 Å². The molecule has 2 aromatic rings. The van der Waals surface area contributed by atoms with Crippen LogP contribution in [-0.2, 0) is 22.2 Å². The summed E-state index contributed by atoms with van der Waals surface area (Å²) in [6.07, 6.45) is 6.13. The molecule has 2 fully saturated rings. The number of fused-ring (bicyclic) bond motifs is 2. The first-order valence-electron chi connectivity index (χ1n) is 11.2. The maximum Gasteiger partial charge on any atom is 0.494 e. The maximum atomic E-state index is 6.32. The fourth-order valence-electron chi connectivity index (χ4n) is 4.79. The van der Waals surface area contributed by atoms with Crippen molar-refractivity contribution >= 4 is 18.2 Å². The van der Waals surface area contributed by atoms with E-state index in [0.29, 0.717) is 0 Å². The Balaban J connectivity index is 1.59. The smallest absolute Gasteiger partial charge is 0.399 e. The van der Waals surface area contributed by atoms with E-state index in [9.17, 15) is 0 Å². The van der Waals surface area contributed by atoms with Crippen LogP contribution >= 0.6 is 0 Å². The molecule has 0 radical (unpaired) electrons. The van der Waals surface area contributed by atoms with Gasteiger partial charge in [0.1, 0.15) is 0 Å². The average molecular weight is 402 g/mol. The van der Waals surface area contributed by atoms with Gasteiger partial charge in [0.2, 0.25) is 0 Å². The first kappa shape index (κ1) is 20.0. The predicted octanol–water partition coefficient (Wildman–Crippen LogP) is 3.66. The van der Waals surface area contributed by atoms with Gasteiger partial charge in [0.15, 0.2) is 0 Å². The van der Waals surface area contributed by atoms with E-state index >= 15 is 0 Å². The Kier molecular flexibility index (Phi) is 4.88. The largest absolute Gasteiger partial charge is 0.494 e. The normalized spacial score (nSPS) is 22.5. The van der Waals surface area contributed by atoms with E-state index in [0.717, 1.165) is 44.2 Å². The van der Waals surface area contributed by atoms with Crippen molar-refractivity contribution in [3.05, 3.63) is 64.5 Å². The molecule has 4 nitrogen and oxygen atoms in total. The van der Waals surface area contributed by atoms with Crippen LogP contribution in [0.1, 0.15) is 62.9 Å². The minimum absolute atomic E-state index is 0.320. The van der Waals surface area contributed by atoms with Crippen molar-refractivity contribution in [1.82, 2.24) is 10.3 Å². The predicted molar refractivity (Wildman–Crippen MR) is 122 cm³/mol. The summed E-state index contributed by atoms with van der Waals surface area (Å²) in [6.45, 7) is 10.5. The molecule has 1 aliphatic carbocycles. The van der Waals surface area contributed by atoms with E-state index in [-0.39, 0.29) is 18.3 Å². The van der Waals surface area contributed by atoms with Gasteiger partial charge in [0.25, 0.3) is 0 Å². The molecule has 2 aliphatic heterocycles. The number of benzene rings is 1. The SMILES string of the molecule is CC1(C)OB(c2ccc3c(c2)CCc2cccnc2C3=C2CCNCC2)OC1(C)C. The summed E-state index contributed by atoms with van der Waals surface area (Å²) in [4.78, 5) is 4.85. The Morgan fingerprint density at radius 1 is 0.900 bits per heavy atom. The van der Waals surface area contributed by atoms with Crippen molar-refractivity contribution in [2.24, 2.45) is 0 Å². The van der Waals surface area contributed by atoms with Crippen LogP contribution in [0.15, 0.2) is 42.1 Å². The molecule has 0 bridgehead atoms. The highest BCUT2D eigenvalue weighted by atomic mass is 16.7. The highest BCUT2D eigenvalue weighted by Gasteiger charge is 2.51. The quantitative estimate of drug-likeness (QED) is 0.740. The molecule has 3 heterocycles. The molecule has 0 amide bonds. The number of nitrogens with zero attached hydrogens (tertiary/aromatic N) is 1. The highest BCUT2D eigenvalue weighted by Crippen LogP contribution is 2.39. The second-order valence-corrected chi connectivity index (χ2v) is 9.74. The monoisotopic (exact) mass is 402 g/mol. The first-order valence-corrected chi connectivity index (χ1v) is 11.2. The van der Waals surface area contributed by atoms with Gasteiger partial charge in [-0.15, -0.1) is 0 Å². The van der Waals surface area contributed by atoms with Crippen LogP contribution in [-0.4, -0.2) is 36.4 Å². The number of hydrogen-bond donors (Lipinski definition) is 1. The van der Waals surface area contributed by atoms with Crippen molar-refractivity contribution in [2.45, 2.75) is 64.6 Å². The topological polar surface area (TPSA) is 43.4 Å². The molecule has 1 N–H and O–H groups in total. The minimum atomic E-state index is -0.327. The standard InChI is InChI=1S/C25H31BN2O2/c1-24(2)25(3,4)30-26(29-24)20-9-10-21-19(16-20)8-7-18-6-5-13-28-23(18)22(21)17-11-14-27-15-12-17/h5-6,9-10,13,16,27H,7-8,11-12,14-15H2,1-4H3. The molecular formula is C25H31BN2O2. The van der Waals surface area contributed by atoms with Gasteiger partial charge in [0, 0.05) is 11.8 Å². The van der Waals surface area contributed by atoms with Gasteiger partial charge >= 0.3 is 7.12 Å². The lowest BCUT2D eigenvalue weighted by Crippen LogP contribution is -2.41. The molecule has 1 aromatic carbocycles. The number of pyridine rings is 1. The van der Waals surface area contributed by atoms with E-state index in [1.165, 1.54) is 33.5 Å². The van der Waals surface area contributed by atoms with Gasteiger partial charge < -0.3 is 14.6 Å². The maximum absolute atomic E-state index is 6.32. The molecule has 0 unspecified atom stereocenters. The summed E-state index contributed by atoms with van der Waals surface area (Å²) >= 11 is 0. The Morgan fingerprint density at radius 2 is 1.60 bits per heavy atom. The summed E-state index contributed by atoms with van der Waals surface area (Å²) in [5.41, 5.74) is 8.59. The van der Waals surface area contributed by atoms with Gasteiger partial charge in [-0.3, -0.25) is 4.98 Å². The van der Waals surface area contributed by atoms with Crippen molar-refractivity contribution < 1.29 is 9.31 Å². The van der Waals surface area contributed by atoms with Gasteiger partial charge in [-0.25, -0.2) is 0 Å². The van der Waals surface area contributed by atoms with E-state index in [2.05, 4.69) is 63.3 Å². The van der Waals surface area contributed by atoms with Crippen molar-refractivity contribution in [1.29, 1.82) is 0 Å². The van der Waals surface area contributed by atoms with Crippen LogP contribution in [0, 0.1) is 0 Å². The number of nitrogens with one attached hydrogen (secondary N) is 1. The third-order valence-electron chi connectivity index (χ3n) is 7.28. The zero-order chi connectivity index (χ0) is 20.9. The van der Waals surface area contributed by atoms with Crippen LogP contribution in [0.25, 0.3) is 5.57 Å². The molecule has 156 valence electrons. The molecule has 0 saturated carbocycles. The lowest BCUT2D eigenvalue weighted by Gasteiger charge is -2.32. The van der Waals surface area contributed by atoms with Crippen molar-refractivity contribution in [2.75, 3.05) is 13.1 Å². The molecule has 5 rings (SSSR count). The molecule has 3 aliphatic rings. The summed E-state index contributed by atoms with van der Waals surface area (Å²) in [6, 6.07) is 11.1. The Hall–Kier alpha value is -1.95. The third kappa shape index (κ3) is 3.33. The van der Waals surface area contributed by atoms with Crippen molar-refractivity contribution in [3.63, 3.8) is 0 Å². The minimum Gasteiger partial charge on any atom is -0.399 e. The Morgan fingerprint density at radius 3 is 2.33 bits per heavy atom. The highest BCUT2D eigenvalue weighted by molar-refractivity contribution is 6.62. The second-order valence-electron chi connectivity index (χ2n) is 9.74. The fourth-order valence-corrected chi connectivity index (χ4v) is 4.79. The summed E-state index contributed by atoms with van der Waals surface area (Å²) in [5, 5.41) is 3.49. The number of aromatic nitrogens is 1. The molecule has 30 heavy (non-hydrogen) atoms. The first-order chi connectivity index (χ1) is 14.4. The molecule has 0 atom stereocenters. The summed E-state index contributed by atoms with van der Waals surface area (Å²) < 4.78 is 12.6. The average Bonchev–Trinajstić information content (AvgIpc) is 2.87. The fraction of sp³-hybridized carbons (Fsp3) is 0.480. The molecule has 0 spiro atoms. The zero-order valence-corrected chi connectivity index (χ0v) is 18.5. The Labute approximate surface area is 180 Å². The Bertz CT molecular complexity index is 988. The van der Waals surface area contributed by atoms with E-state index in [1.807, 2.05) is 6.20 Å². The molecule has 5 heteroatoms. The van der Waals surface area contributed by atoms with Crippen LogP contribution in [0.3, 0.4) is 0 Å². The molecular weight excluding hydrogens is 371 g/mol. The van der Waals surface area contributed by atoms with Crippen LogP contribution in [0.4, 0.5) is 0 Å². The third-order valence-corrected chi connectivity index (χ3v) is 7.28. The molecule has 2 saturated heterocycles. The van der Waals surface area contributed by atoms with E-state index in [1.54, 1.807) is 0 Å². The second kappa shape index (κ2) is 7.33. The summed E-state index contributed by atoms with van der Waals surface area (Å²) in [7, 11) is -0.320. The van der Waals surface area contributed by atoms with E-state index < -0.39 is 0 Å². The zero-order valence-electron chi connectivity index (χ0n) is 18.5. The molecule has 1 aromatic heterocycles. The lowest BCUT2D eigenvalue weighted by atomic mass is 9.76. The number of aryl methyl sites for hydroxylation is 2. The number of rotatable bonds is 1. The van der Waals surface area contributed by atoms with Crippen LogP contribution < -0.4 is 10.8 Å². The number of piperidine rings is 1. The van der Waals surface area contributed by atoms with Crippen LogP contribution in [0.2, 0.25) is 0 Å². The van der Waals surface area contributed by atoms with Gasteiger partial charge in [-0.2, -0.15) is 0 Å². The lowest BCUT2D eigenvalue weighted by molar-refractivity contribution is 0.00578. The van der Waals surface area contributed by atoms with E-state index in [4.69, 9.17) is 14.3 Å². The van der Waals surface area contributed by atoms with Crippen molar-refractivity contribution in [3.8, 4) is 0 Å². The number of hydrogen-bond acceptors (Lipinski definition) is 4.